The first-order chi connectivity index (χ1) is 14.8. The highest BCUT2D eigenvalue weighted by atomic mass is 16.5. The summed E-state index contributed by atoms with van der Waals surface area (Å²) in [5.41, 5.74) is 2.92. The standard InChI is InChI=1S/C24H38N4O3/c1-8-14-31-22-11-10-21(16-23(22)30-7)17-27(13-9-12-26(5)6)24(29)20(4)28-19(3)15-18(2)25-28/h10-11,15-16,20H,8-9,12-14,17H2,1-7H3/t20-/m1/s1. The monoisotopic (exact) mass is 430 g/mol. The lowest BCUT2D eigenvalue weighted by molar-refractivity contribution is -0.135. The third-order valence-electron chi connectivity index (χ3n) is 5.18. The number of aromatic nitrogens is 2. The Balaban J connectivity index is 2.22. The van der Waals surface area contributed by atoms with Gasteiger partial charge < -0.3 is 19.3 Å². The van der Waals surface area contributed by atoms with Crippen LogP contribution in [0.1, 0.15) is 49.7 Å². The van der Waals surface area contributed by atoms with Gasteiger partial charge >= 0.3 is 0 Å². The second-order valence-electron chi connectivity index (χ2n) is 8.30. The van der Waals surface area contributed by atoms with Crippen molar-refractivity contribution in [3.8, 4) is 11.5 Å². The molecule has 0 spiro atoms. The van der Waals surface area contributed by atoms with E-state index >= 15 is 0 Å². The van der Waals surface area contributed by atoms with E-state index in [1.807, 2.05) is 68.7 Å². The van der Waals surface area contributed by atoms with Crippen molar-refractivity contribution in [3.05, 3.63) is 41.2 Å². The van der Waals surface area contributed by atoms with E-state index < -0.39 is 0 Å². The summed E-state index contributed by atoms with van der Waals surface area (Å²) in [6.45, 7) is 10.7. The van der Waals surface area contributed by atoms with Crippen molar-refractivity contribution in [1.29, 1.82) is 0 Å². The number of carbonyl (C=O) groups excluding carboxylic acids is 1. The topological polar surface area (TPSA) is 59.8 Å². The zero-order chi connectivity index (χ0) is 23.0. The zero-order valence-electron chi connectivity index (χ0n) is 20.1. The maximum absolute atomic E-state index is 13.4. The molecule has 0 saturated heterocycles. The Labute approximate surface area is 186 Å². The lowest BCUT2D eigenvalue weighted by Gasteiger charge is -2.27. The molecule has 0 aliphatic heterocycles. The van der Waals surface area contributed by atoms with Gasteiger partial charge in [-0.1, -0.05) is 13.0 Å². The Kier molecular flexibility index (Phi) is 9.37. The molecule has 0 N–H and O–H groups in total. The predicted molar refractivity (Wildman–Crippen MR) is 124 cm³/mol. The molecule has 0 bridgehead atoms. The summed E-state index contributed by atoms with van der Waals surface area (Å²) >= 11 is 0. The number of aryl methyl sites for hydroxylation is 2. The molecular formula is C24H38N4O3. The SMILES string of the molecule is CCCOc1ccc(CN(CCCN(C)C)C(=O)[C@@H](C)n2nc(C)cc2C)cc1OC. The number of hydrogen-bond donors (Lipinski definition) is 0. The van der Waals surface area contributed by atoms with Gasteiger partial charge in [0.15, 0.2) is 11.5 Å². The summed E-state index contributed by atoms with van der Waals surface area (Å²) in [4.78, 5) is 17.5. The minimum absolute atomic E-state index is 0.0650. The van der Waals surface area contributed by atoms with Crippen molar-refractivity contribution in [1.82, 2.24) is 19.6 Å². The Hall–Kier alpha value is -2.54. The van der Waals surface area contributed by atoms with Crippen LogP contribution in [0.4, 0.5) is 0 Å². The number of hydrogen-bond acceptors (Lipinski definition) is 5. The van der Waals surface area contributed by atoms with Gasteiger partial charge in [-0.3, -0.25) is 9.48 Å². The molecular weight excluding hydrogens is 392 g/mol. The summed E-state index contributed by atoms with van der Waals surface area (Å²) < 4.78 is 13.1. The molecule has 1 heterocycles. The number of rotatable bonds is 12. The average Bonchev–Trinajstić information content (AvgIpc) is 3.08. The molecule has 2 aromatic rings. The second-order valence-corrected chi connectivity index (χ2v) is 8.30. The largest absolute Gasteiger partial charge is 0.493 e. The highest BCUT2D eigenvalue weighted by Gasteiger charge is 2.24. The van der Waals surface area contributed by atoms with Crippen LogP contribution in [0.25, 0.3) is 0 Å². The molecule has 0 radical (unpaired) electrons. The average molecular weight is 431 g/mol. The van der Waals surface area contributed by atoms with Crippen LogP contribution in [0.15, 0.2) is 24.3 Å². The van der Waals surface area contributed by atoms with Crippen molar-refractivity contribution in [2.24, 2.45) is 0 Å². The minimum atomic E-state index is -0.359. The van der Waals surface area contributed by atoms with Crippen LogP contribution >= 0.6 is 0 Å². The summed E-state index contributed by atoms with van der Waals surface area (Å²) in [6.07, 6.45) is 1.83. The molecule has 0 unspecified atom stereocenters. The van der Waals surface area contributed by atoms with E-state index in [9.17, 15) is 4.79 Å². The van der Waals surface area contributed by atoms with E-state index in [1.165, 1.54) is 0 Å². The molecule has 0 fully saturated rings. The van der Waals surface area contributed by atoms with Crippen LogP contribution in [0.5, 0.6) is 11.5 Å². The van der Waals surface area contributed by atoms with Crippen molar-refractivity contribution < 1.29 is 14.3 Å². The Morgan fingerprint density at radius 2 is 1.90 bits per heavy atom. The van der Waals surface area contributed by atoms with E-state index in [4.69, 9.17) is 9.47 Å². The van der Waals surface area contributed by atoms with Crippen LogP contribution < -0.4 is 9.47 Å². The molecule has 7 heteroatoms. The lowest BCUT2D eigenvalue weighted by atomic mass is 10.1. The molecule has 31 heavy (non-hydrogen) atoms. The van der Waals surface area contributed by atoms with Gasteiger partial charge in [0.1, 0.15) is 6.04 Å². The molecule has 0 aliphatic carbocycles. The fourth-order valence-corrected chi connectivity index (χ4v) is 3.61. The molecule has 0 aliphatic rings. The molecule has 1 amide bonds. The zero-order valence-corrected chi connectivity index (χ0v) is 20.1. The molecule has 0 saturated carbocycles. The van der Waals surface area contributed by atoms with Gasteiger partial charge in [0.2, 0.25) is 5.91 Å². The van der Waals surface area contributed by atoms with E-state index in [2.05, 4.69) is 16.9 Å². The molecule has 172 valence electrons. The predicted octanol–water partition coefficient (Wildman–Crippen LogP) is 3.84. The highest BCUT2D eigenvalue weighted by molar-refractivity contribution is 5.80. The Bertz CT molecular complexity index is 847. The smallest absolute Gasteiger partial charge is 0.247 e. The molecule has 2 rings (SSSR count). The van der Waals surface area contributed by atoms with Crippen LogP contribution in [0.3, 0.4) is 0 Å². The van der Waals surface area contributed by atoms with Gasteiger partial charge in [0, 0.05) is 18.8 Å². The molecule has 1 atom stereocenters. The Morgan fingerprint density at radius 1 is 1.16 bits per heavy atom. The summed E-state index contributed by atoms with van der Waals surface area (Å²) in [5, 5.41) is 4.52. The minimum Gasteiger partial charge on any atom is -0.493 e. The van der Waals surface area contributed by atoms with Crippen molar-refractivity contribution in [2.75, 3.05) is 40.9 Å². The van der Waals surface area contributed by atoms with Gasteiger partial charge in [-0.15, -0.1) is 0 Å². The van der Waals surface area contributed by atoms with Gasteiger partial charge in [-0.05, 0) is 78.0 Å². The second kappa shape index (κ2) is 11.7. The first-order valence-electron chi connectivity index (χ1n) is 11.0. The first-order valence-corrected chi connectivity index (χ1v) is 11.0. The lowest BCUT2D eigenvalue weighted by Crippen LogP contribution is -2.38. The van der Waals surface area contributed by atoms with Crippen LogP contribution in [0, 0.1) is 13.8 Å². The Morgan fingerprint density at radius 3 is 2.48 bits per heavy atom. The van der Waals surface area contributed by atoms with E-state index in [0.29, 0.717) is 25.4 Å². The number of methoxy groups -OCH3 is 1. The first kappa shape index (κ1) is 24.7. The molecule has 1 aromatic heterocycles. The quantitative estimate of drug-likeness (QED) is 0.512. The highest BCUT2D eigenvalue weighted by Crippen LogP contribution is 2.29. The summed E-state index contributed by atoms with van der Waals surface area (Å²) in [6, 6.07) is 7.54. The van der Waals surface area contributed by atoms with E-state index in [1.54, 1.807) is 7.11 Å². The summed E-state index contributed by atoms with van der Waals surface area (Å²) in [5.74, 6) is 1.49. The third kappa shape index (κ3) is 6.99. The van der Waals surface area contributed by atoms with E-state index in [-0.39, 0.29) is 11.9 Å². The van der Waals surface area contributed by atoms with Crippen molar-refractivity contribution >= 4 is 5.91 Å². The normalized spacial score (nSPS) is 12.1. The van der Waals surface area contributed by atoms with Gasteiger partial charge in [-0.2, -0.15) is 5.10 Å². The van der Waals surface area contributed by atoms with Crippen LogP contribution in [-0.2, 0) is 11.3 Å². The fourth-order valence-electron chi connectivity index (χ4n) is 3.61. The van der Waals surface area contributed by atoms with Crippen molar-refractivity contribution in [2.45, 2.75) is 53.1 Å². The van der Waals surface area contributed by atoms with Crippen LogP contribution in [0.2, 0.25) is 0 Å². The number of carbonyl (C=O) groups is 1. The van der Waals surface area contributed by atoms with Gasteiger partial charge in [0.05, 0.1) is 19.4 Å². The molecule has 1 aromatic carbocycles. The number of amides is 1. The maximum atomic E-state index is 13.4. The van der Waals surface area contributed by atoms with Crippen molar-refractivity contribution in [3.63, 3.8) is 0 Å². The van der Waals surface area contributed by atoms with Gasteiger partial charge in [0.25, 0.3) is 0 Å². The number of nitrogens with zero attached hydrogens (tertiary/aromatic N) is 4. The number of ether oxygens (including phenoxy) is 2. The fraction of sp³-hybridized carbons (Fsp3) is 0.583. The van der Waals surface area contributed by atoms with E-state index in [0.717, 1.165) is 42.1 Å². The maximum Gasteiger partial charge on any atom is 0.247 e. The van der Waals surface area contributed by atoms with Gasteiger partial charge in [-0.25, -0.2) is 0 Å². The third-order valence-corrected chi connectivity index (χ3v) is 5.18. The molecule has 7 nitrogen and oxygen atoms in total. The van der Waals surface area contributed by atoms with Crippen LogP contribution in [-0.4, -0.2) is 66.4 Å². The summed E-state index contributed by atoms with van der Waals surface area (Å²) in [7, 11) is 5.73. The number of benzene rings is 1.